The van der Waals surface area contributed by atoms with Crippen LogP contribution in [0.1, 0.15) is 24.0 Å². The van der Waals surface area contributed by atoms with E-state index in [4.69, 9.17) is 0 Å². The number of nitrogens with zero attached hydrogens (tertiary/aromatic N) is 2. The van der Waals surface area contributed by atoms with Gasteiger partial charge in [0.2, 0.25) is 0 Å². The number of aromatic nitrogens is 2. The Morgan fingerprint density at radius 2 is 1.21 bits per heavy atom. The molecular weight excluding hydrogens is 653 g/mol. The van der Waals surface area contributed by atoms with Crippen molar-refractivity contribution in [2.45, 2.75) is 12.8 Å². The molecule has 0 bridgehead atoms. The summed E-state index contributed by atoms with van der Waals surface area (Å²) in [5.74, 6) is 0.369. The summed E-state index contributed by atoms with van der Waals surface area (Å²) in [5.41, 5.74) is 8.99. The predicted octanol–water partition coefficient (Wildman–Crippen LogP) is 8.91. The third kappa shape index (κ3) is 7.45. The van der Waals surface area contributed by atoms with Gasteiger partial charge in [-0.1, -0.05) is 85.8 Å². The molecule has 6 aromatic rings. The fraction of sp³-hybridized carbons (Fsp3) is 0.0556. The number of pyridine rings is 2. The first kappa shape index (κ1) is 27.9. The third-order valence-corrected chi connectivity index (χ3v) is 6.42. The predicted molar refractivity (Wildman–Crippen MR) is 156 cm³/mol. The van der Waals surface area contributed by atoms with Crippen molar-refractivity contribution in [1.29, 1.82) is 0 Å². The Bertz CT molecular complexity index is 1500. The quantitative estimate of drug-likeness (QED) is 0.170. The standard InChI is InChI=1S/C19H16N.C17H12N.Ir/c1-15(16-8-3-2-4-9-16)17-10-7-11-18(14-17)19-12-5-6-13-20-19;1-3-7-14(8-4-1)16-11-12-18-17(13-16)15-9-5-2-6-10-15;/h2-10,12-15H,1H3;1-9,11-13H;/q2*-1;. The van der Waals surface area contributed by atoms with Crippen molar-refractivity contribution in [2.75, 3.05) is 0 Å². The number of hydrogen-bond acceptors (Lipinski definition) is 2. The van der Waals surface area contributed by atoms with E-state index in [0.29, 0.717) is 5.92 Å². The summed E-state index contributed by atoms with van der Waals surface area (Å²) < 4.78 is 0. The van der Waals surface area contributed by atoms with Crippen molar-refractivity contribution in [3.8, 4) is 33.6 Å². The molecule has 1 atom stereocenters. The van der Waals surface area contributed by atoms with Crippen LogP contribution < -0.4 is 0 Å². The Hall–Kier alpha value is -4.17. The van der Waals surface area contributed by atoms with E-state index in [1.807, 2.05) is 91.3 Å². The maximum absolute atomic E-state index is 4.40. The van der Waals surface area contributed by atoms with Crippen molar-refractivity contribution in [1.82, 2.24) is 9.97 Å². The van der Waals surface area contributed by atoms with Crippen molar-refractivity contribution in [3.05, 3.63) is 169 Å². The molecule has 2 aromatic heterocycles. The van der Waals surface area contributed by atoms with Gasteiger partial charge in [-0.3, -0.25) is 0 Å². The molecule has 0 saturated heterocycles. The van der Waals surface area contributed by atoms with Gasteiger partial charge in [-0.2, -0.15) is 0 Å². The average molecular weight is 681 g/mol. The van der Waals surface area contributed by atoms with Crippen LogP contribution in [0.3, 0.4) is 0 Å². The monoisotopic (exact) mass is 681 g/mol. The summed E-state index contributed by atoms with van der Waals surface area (Å²) in [5, 5.41) is 0. The summed E-state index contributed by atoms with van der Waals surface area (Å²) >= 11 is 0. The Labute approximate surface area is 244 Å². The summed E-state index contributed by atoms with van der Waals surface area (Å²) in [6.07, 6.45) is 3.66. The average Bonchev–Trinajstić information content (AvgIpc) is 3.03. The van der Waals surface area contributed by atoms with Gasteiger partial charge in [0.15, 0.2) is 0 Å². The molecule has 2 nitrogen and oxygen atoms in total. The van der Waals surface area contributed by atoms with Crippen LogP contribution in [0.4, 0.5) is 0 Å². The van der Waals surface area contributed by atoms with Gasteiger partial charge >= 0.3 is 0 Å². The van der Waals surface area contributed by atoms with Gasteiger partial charge in [0.25, 0.3) is 0 Å². The van der Waals surface area contributed by atoms with E-state index < -0.39 is 0 Å². The Morgan fingerprint density at radius 1 is 0.513 bits per heavy atom. The fourth-order valence-electron chi connectivity index (χ4n) is 4.30. The molecule has 0 fully saturated rings. The first-order valence-electron chi connectivity index (χ1n) is 12.7. The van der Waals surface area contributed by atoms with E-state index in [1.165, 1.54) is 22.3 Å². The molecular formula is C36H28IrN2-2. The summed E-state index contributed by atoms with van der Waals surface area (Å²) in [7, 11) is 0. The van der Waals surface area contributed by atoms with Crippen molar-refractivity contribution in [2.24, 2.45) is 0 Å². The first-order chi connectivity index (χ1) is 18.8. The van der Waals surface area contributed by atoms with Gasteiger partial charge in [-0.25, -0.2) is 0 Å². The molecule has 0 aliphatic rings. The molecule has 0 aliphatic heterocycles. The smallest absolute Gasteiger partial charge is 0.0166 e. The molecule has 39 heavy (non-hydrogen) atoms. The van der Waals surface area contributed by atoms with Crippen LogP contribution in [-0.2, 0) is 20.1 Å². The maximum Gasteiger partial charge on any atom is 0.0166 e. The molecule has 1 radical (unpaired) electrons. The number of benzene rings is 4. The van der Waals surface area contributed by atoms with Crippen LogP contribution in [0.5, 0.6) is 0 Å². The summed E-state index contributed by atoms with van der Waals surface area (Å²) in [4.78, 5) is 8.79. The molecule has 3 heteroatoms. The minimum Gasteiger partial charge on any atom is -0.305 e. The Morgan fingerprint density at radius 3 is 1.92 bits per heavy atom. The molecule has 6 rings (SSSR count). The minimum atomic E-state index is 0. The molecule has 0 aliphatic carbocycles. The topological polar surface area (TPSA) is 25.8 Å². The van der Waals surface area contributed by atoms with Gasteiger partial charge in [0, 0.05) is 32.5 Å². The van der Waals surface area contributed by atoms with Crippen molar-refractivity contribution >= 4 is 0 Å². The Balaban J connectivity index is 0.000000177. The fourth-order valence-corrected chi connectivity index (χ4v) is 4.30. The van der Waals surface area contributed by atoms with Crippen LogP contribution in [0.2, 0.25) is 0 Å². The minimum absolute atomic E-state index is 0. The molecule has 0 spiro atoms. The molecule has 0 saturated carbocycles. The molecule has 1 unspecified atom stereocenters. The van der Waals surface area contributed by atoms with Gasteiger partial charge in [0.1, 0.15) is 0 Å². The summed E-state index contributed by atoms with van der Waals surface area (Å²) in [6.45, 7) is 2.23. The van der Waals surface area contributed by atoms with E-state index in [9.17, 15) is 0 Å². The van der Waals surface area contributed by atoms with Crippen molar-refractivity contribution < 1.29 is 20.1 Å². The van der Waals surface area contributed by atoms with Gasteiger partial charge in [-0.05, 0) is 46.1 Å². The zero-order chi connectivity index (χ0) is 26.0. The van der Waals surface area contributed by atoms with Crippen LogP contribution in [0.15, 0.2) is 146 Å². The molecule has 0 N–H and O–H groups in total. The van der Waals surface area contributed by atoms with Crippen molar-refractivity contribution in [3.63, 3.8) is 0 Å². The molecule has 193 valence electrons. The first-order valence-corrected chi connectivity index (χ1v) is 12.7. The van der Waals surface area contributed by atoms with Crippen LogP contribution in [0.25, 0.3) is 33.6 Å². The van der Waals surface area contributed by atoms with E-state index in [2.05, 4.69) is 83.6 Å². The van der Waals surface area contributed by atoms with E-state index >= 15 is 0 Å². The van der Waals surface area contributed by atoms with Gasteiger partial charge in [0.05, 0.1) is 0 Å². The number of rotatable bonds is 5. The SMILES string of the molecule is CC(c1ccccc1)c1cc[c-]c(-c2ccccn2)c1.[Ir].[c-]1ccccc1-c1cc(-c2ccccc2)ccn1. The third-order valence-electron chi connectivity index (χ3n) is 6.42. The number of hydrogen-bond donors (Lipinski definition) is 0. The Kier molecular flexibility index (Phi) is 10.1. The van der Waals surface area contributed by atoms with E-state index in [-0.39, 0.29) is 20.1 Å². The van der Waals surface area contributed by atoms with Crippen LogP contribution in [0, 0.1) is 12.1 Å². The molecule has 4 aromatic carbocycles. The van der Waals surface area contributed by atoms with Crippen LogP contribution in [-0.4, -0.2) is 9.97 Å². The molecule has 2 heterocycles. The zero-order valence-corrected chi connectivity index (χ0v) is 24.1. The van der Waals surface area contributed by atoms with E-state index in [0.717, 1.165) is 22.5 Å². The zero-order valence-electron chi connectivity index (χ0n) is 21.7. The normalized spacial score (nSPS) is 10.9. The van der Waals surface area contributed by atoms with Crippen LogP contribution >= 0.6 is 0 Å². The molecule has 0 amide bonds. The second-order valence-electron chi connectivity index (χ2n) is 8.96. The van der Waals surface area contributed by atoms with E-state index in [1.54, 1.807) is 0 Å². The summed E-state index contributed by atoms with van der Waals surface area (Å²) in [6, 6.07) is 51.6. The maximum atomic E-state index is 4.40. The van der Waals surface area contributed by atoms with Gasteiger partial charge in [-0.15, -0.1) is 71.3 Å². The second-order valence-corrected chi connectivity index (χ2v) is 8.96. The largest absolute Gasteiger partial charge is 0.305 e. The van der Waals surface area contributed by atoms with Gasteiger partial charge < -0.3 is 9.97 Å². The second kappa shape index (κ2) is 14.1.